The number of carboxylic acid groups (broad SMARTS) is 1. The molecule has 2 aromatic carbocycles. The maximum atomic E-state index is 13.4. The Morgan fingerprint density at radius 2 is 1.80 bits per heavy atom. The summed E-state index contributed by atoms with van der Waals surface area (Å²) in [5.41, 5.74) is 1.79. The Balaban J connectivity index is 1.57. The zero-order valence-corrected chi connectivity index (χ0v) is 24.7. The topological polar surface area (TPSA) is 118 Å². The molecular weight excluding hydrogens is 571 g/mol. The summed E-state index contributed by atoms with van der Waals surface area (Å²) >= 11 is 12.0. The van der Waals surface area contributed by atoms with E-state index in [9.17, 15) is 19.8 Å². The quantitative estimate of drug-likeness (QED) is 0.273. The molecule has 1 aliphatic rings. The van der Waals surface area contributed by atoms with Crippen molar-refractivity contribution in [3.05, 3.63) is 81.1 Å². The first-order valence-corrected chi connectivity index (χ1v) is 13.8. The van der Waals surface area contributed by atoms with Gasteiger partial charge in [-0.05, 0) is 87.6 Å². The number of carbonyl (C=O) groups excluding carboxylic acids is 1. The Morgan fingerprint density at radius 1 is 1.10 bits per heavy atom. The zero-order chi connectivity index (χ0) is 29.9. The van der Waals surface area contributed by atoms with E-state index in [0.29, 0.717) is 36.3 Å². The van der Waals surface area contributed by atoms with E-state index >= 15 is 0 Å². The summed E-state index contributed by atoms with van der Waals surface area (Å²) in [4.78, 5) is 30.5. The molecular formula is C30H32Cl2N2O7. The van der Waals surface area contributed by atoms with Crippen LogP contribution in [0.15, 0.2) is 48.7 Å². The molecule has 1 heterocycles. The van der Waals surface area contributed by atoms with Crippen LogP contribution in [0.5, 0.6) is 17.2 Å². The van der Waals surface area contributed by atoms with Crippen LogP contribution in [0.1, 0.15) is 60.3 Å². The highest BCUT2D eigenvalue weighted by Crippen LogP contribution is 2.33. The Hall–Kier alpha value is -3.53. The molecule has 1 aromatic heterocycles. The minimum atomic E-state index is -1.12. The molecule has 0 unspecified atom stereocenters. The second-order valence-corrected chi connectivity index (χ2v) is 11.6. The van der Waals surface area contributed by atoms with E-state index in [-0.39, 0.29) is 34.1 Å². The molecule has 1 amide bonds. The van der Waals surface area contributed by atoms with Crippen LogP contribution >= 0.6 is 23.2 Å². The Bertz CT molecular complexity index is 1440. The normalized spacial score (nSPS) is 15.4. The first-order chi connectivity index (χ1) is 19.3. The largest absolute Gasteiger partial charge is 0.496 e. The van der Waals surface area contributed by atoms with Gasteiger partial charge in [0.05, 0.1) is 24.8 Å². The fraction of sp³-hybridized carbons (Fsp3) is 0.367. The van der Waals surface area contributed by atoms with E-state index in [2.05, 4.69) is 4.98 Å². The number of carboxylic acids is 1. The molecule has 1 aliphatic carbocycles. The summed E-state index contributed by atoms with van der Waals surface area (Å²) < 4.78 is 16.8. The lowest BCUT2D eigenvalue weighted by molar-refractivity contribution is 0.00191. The Morgan fingerprint density at radius 3 is 2.46 bits per heavy atom. The second-order valence-electron chi connectivity index (χ2n) is 10.8. The van der Waals surface area contributed by atoms with Gasteiger partial charge in [0.1, 0.15) is 33.6 Å². The first-order valence-electron chi connectivity index (χ1n) is 13.0. The lowest BCUT2D eigenvalue weighted by Crippen LogP contribution is -2.47. The number of fused-ring (bicyclic) bond motifs is 1. The molecule has 0 radical (unpaired) electrons. The number of pyridine rings is 1. The lowest BCUT2D eigenvalue weighted by Gasteiger charge is -2.37. The van der Waals surface area contributed by atoms with Gasteiger partial charge in [-0.15, -0.1) is 0 Å². The van der Waals surface area contributed by atoms with Gasteiger partial charge in [0.15, 0.2) is 0 Å². The van der Waals surface area contributed by atoms with Crippen molar-refractivity contribution in [3.63, 3.8) is 0 Å². The monoisotopic (exact) mass is 602 g/mol. The Labute approximate surface area is 248 Å². The number of hydrogen-bond acceptors (Lipinski definition) is 7. The number of benzene rings is 2. The van der Waals surface area contributed by atoms with Crippen LogP contribution in [0, 0.1) is 0 Å². The fourth-order valence-corrected chi connectivity index (χ4v) is 4.98. The summed E-state index contributed by atoms with van der Waals surface area (Å²) in [6.07, 6.45) is 1.70. The molecule has 11 heteroatoms. The highest BCUT2D eigenvalue weighted by atomic mass is 35.5. The highest BCUT2D eigenvalue weighted by molar-refractivity contribution is 6.41. The number of nitrogens with zero attached hydrogens (tertiary/aromatic N) is 2. The summed E-state index contributed by atoms with van der Waals surface area (Å²) in [6, 6.07) is 11.5. The van der Waals surface area contributed by atoms with Gasteiger partial charge in [-0.3, -0.25) is 0 Å². The van der Waals surface area contributed by atoms with E-state index in [4.69, 9.17) is 37.4 Å². The number of ether oxygens (including phenoxy) is 3. The predicted molar refractivity (Wildman–Crippen MR) is 154 cm³/mol. The maximum absolute atomic E-state index is 13.4. The van der Waals surface area contributed by atoms with Crippen molar-refractivity contribution in [1.82, 2.24) is 9.88 Å². The van der Waals surface area contributed by atoms with Gasteiger partial charge in [0, 0.05) is 17.8 Å². The molecule has 0 bridgehead atoms. The van der Waals surface area contributed by atoms with Crippen LogP contribution in [0.25, 0.3) is 0 Å². The molecule has 3 aromatic rings. The van der Waals surface area contributed by atoms with Crippen molar-refractivity contribution in [2.45, 2.75) is 57.8 Å². The highest BCUT2D eigenvalue weighted by Gasteiger charge is 2.33. The molecule has 218 valence electrons. The molecule has 0 saturated heterocycles. The molecule has 41 heavy (non-hydrogen) atoms. The minimum Gasteiger partial charge on any atom is -0.496 e. The zero-order valence-electron chi connectivity index (χ0n) is 23.2. The van der Waals surface area contributed by atoms with Crippen LogP contribution in [-0.4, -0.2) is 57.5 Å². The van der Waals surface area contributed by atoms with Gasteiger partial charge in [0.2, 0.25) is 0 Å². The smallest absolute Gasteiger partial charge is 0.410 e. The van der Waals surface area contributed by atoms with E-state index in [1.807, 2.05) is 18.2 Å². The van der Waals surface area contributed by atoms with E-state index < -0.39 is 23.8 Å². The molecule has 0 aliphatic heterocycles. The molecule has 0 fully saturated rings. The van der Waals surface area contributed by atoms with Crippen LogP contribution in [0.4, 0.5) is 4.79 Å². The lowest BCUT2D eigenvalue weighted by atomic mass is 9.87. The van der Waals surface area contributed by atoms with Crippen molar-refractivity contribution < 1.29 is 34.0 Å². The first kappa shape index (κ1) is 30.4. The molecule has 2 atom stereocenters. The molecule has 9 nitrogen and oxygen atoms in total. The van der Waals surface area contributed by atoms with Gasteiger partial charge >= 0.3 is 12.1 Å². The number of aryl methyl sites for hydroxylation is 1. The fourth-order valence-electron chi connectivity index (χ4n) is 4.70. The van der Waals surface area contributed by atoms with Crippen LogP contribution in [0.3, 0.4) is 0 Å². The number of methoxy groups -OCH3 is 1. The SMILES string of the molecule is COc1ccc(Oc2ccc3c(c2)C[C@@H](N(C[C@H](O)c2cnc(Cl)c(Cl)c2)C(=O)OC(C)(C)C)CC3)cc1C(=O)O. The van der Waals surface area contributed by atoms with Gasteiger partial charge < -0.3 is 29.3 Å². The van der Waals surface area contributed by atoms with E-state index in [1.165, 1.54) is 25.4 Å². The number of amides is 1. The number of hydrogen-bond donors (Lipinski definition) is 2. The van der Waals surface area contributed by atoms with Crippen LogP contribution in [0.2, 0.25) is 10.2 Å². The molecule has 0 spiro atoms. The van der Waals surface area contributed by atoms with Crippen molar-refractivity contribution in [1.29, 1.82) is 0 Å². The average Bonchev–Trinajstić information content (AvgIpc) is 2.91. The summed E-state index contributed by atoms with van der Waals surface area (Å²) in [5.74, 6) is -0.0123. The number of carbonyl (C=O) groups is 2. The molecule has 4 rings (SSSR count). The third kappa shape index (κ3) is 7.61. The van der Waals surface area contributed by atoms with Gasteiger partial charge in [-0.1, -0.05) is 29.3 Å². The number of aromatic carboxylic acids is 1. The van der Waals surface area contributed by atoms with Gasteiger partial charge in [-0.2, -0.15) is 0 Å². The third-order valence-corrected chi connectivity index (χ3v) is 7.34. The van der Waals surface area contributed by atoms with Crippen molar-refractivity contribution in [3.8, 4) is 17.2 Å². The van der Waals surface area contributed by atoms with E-state index in [1.54, 1.807) is 37.8 Å². The van der Waals surface area contributed by atoms with Crippen molar-refractivity contribution in [2.75, 3.05) is 13.7 Å². The van der Waals surface area contributed by atoms with Gasteiger partial charge in [0.25, 0.3) is 0 Å². The summed E-state index contributed by atoms with van der Waals surface area (Å²) in [7, 11) is 1.41. The van der Waals surface area contributed by atoms with Gasteiger partial charge in [-0.25, -0.2) is 14.6 Å². The van der Waals surface area contributed by atoms with Crippen molar-refractivity contribution >= 4 is 35.3 Å². The predicted octanol–water partition coefficient (Wildman–Crippen LogP) is 6.72. The second kappa shape index (κ2) is 12.5. The van der Waals surface area contributed by atoms with Crippen LogP contribution < -0.4 is 9.47 Å². The average molecular weight is 603 g/mol. The maximum Gasteiger partial charge on any atom is 0.410 e. The standard InChI is InChI=1S/C30H32Cl2N2O7/c1-30(2,3)41-29(38)34(16-25(35)19-13-24(31)27(32)33-15-19)20-7-5-17-6-8-21(12-18(17)11-20)40-22-9-10-26(39-4)23(14-22)28(36)37/h6,8-10,12-15,20,25,35H,5,7,11,16H2,1-4H3,(H,36,37)/t20-,25-/m0/s1. The third-order valence-electron chi connectivity index (χ3n) is 6.66. The number of halogens is 2. The number of aliphatic hydroxyl groups is 1. The number of aliphatic hydroxyl groups excluding tert-OH is 1. The summed E-state index contributed by atoms with van der Waals surface area (Å²) in [6.45, 7) is 5.33. The van der Waals surface area contributed by atoms with E-state index in [0.717, 1.165) is 11.1 Å². The minimum absolute atomic E-state index is 0.00763. The molecule has 2 N–H and O–H groups in total. The summed E-state index contributed by atoms with van der Waals surface area (Å²) in [5, 5.41) is 20.8. The number of aromatic nitrogens is 1. The molecule has 0 saturated carbocycles. The Kier molecular flexibility index (Phi) is 9.31. The number of rotatable bonds is 8. The van der Waals surface area contributed by atoms with Crippen LogP contribution in [-0.2, 0) is 17.6 Å². The van der Waals surface area contributed by atoms with Crippen molar-refractivity contribution in [2.24, 2.45) is 0 Å².